The van der Waals surface area contributed by atoms with Crippen molar-refractivity contribution >= 4 is 11.7 Å². The summed E-state index contributed by atoms with van der Waals surface area (Å²) in [4.78, 5) is 0. The van der Waals surface area contributed by atoms with Gasteiger partial charge in [0, 0.05) is 6.04 Å². The van der Waals surface area contributed by atoms with Crippen molar-refractivity contribution < 1.29 is 0 Å². The Morgan fingerprint density at radius 1 is 1.47 bits per heavy atom. The third-order valence-electron chi connectivity index (χ3n) is 3.58. The highest BCUT2D eigenvalue weighted by atomic mass is 32.1. The summed E-state index contributed by atoms with van der Waals surface area (Å²) in [6.45, 7) is 2.29. The molecule has 0 aromatic carbocycles. The van der Waals surface area contributed by atoms with Crippen LogP contribution in [0, 0.1) is 11.8 Å². The van der Waals surface area contributed by atoms with Crippen LogP contribution in [0.5, 0.6) is 0 Å². The van der Waals surface area contributed by atoms with Crippen molar-refractivity contribution in [2.75, 3.05) is 0 Å². The maximum absolute atomic E-state index is 6.04. The van der Waals surface area contributed by atoms with Gasteiger partial charge in [0.25, 0.3) is 0 Å². The van der Waals surface area contributed by atoms with Crippen LogP contribution in [-0.2, 0) is 6.42 Å². The van der Waals surface area contributed by atoms with Crippen LogP contribution in [0.15, 0.2) is 6.20 Å². The number of rotatable bonds is 3. The van der Waals surface area contributed by atoms with Gasteiger partial charge in [0.15, 0.2) is 0 Å². The first-order valence-electron chi connectivity index (χ1n) is 5.81. The molecule has 1 heterocycles. The minimum absolute atomic E-state index is 0.407. The van der Waals surface area contributed by atoms with Gasteiger partial charge >= 0.3 is 0 Å². The topological polar surface area (TPSA) is 51.8 Å². The van der Waals surface area contributed by atoms with E-state index in [-0.39, 0.29) is 0 Å². The Morgan fingerprint density at radius 2 is 2.33 bits per heavy atom. The van der Waals surface area contributed by atoms with Crippen LogP contribution in [0.2, 0.25) is 0 Å². The maximum atomic E-state index is 6.04. The van der Waals surface area contributed by atoms with Crippen LogP contribution in [0.3, 0.4) is 0 Å². The molecule has 1 fully saturated rings. The molecule has 3 unspecified atom stereocenters. The van der Waals surface area contributed by atoms with Crippen molar-refractivity contribution in [2.24, 2.45) is 17.6 Å². The Labute approximate surface area is 95.4 Å². The lowest BCUT2D eigenvalue weighted by molar-refractivity contribution is 0.208. The zero-order chi connectivity index (χ0) is 10.7. The van der Waals surface area contributed by atoms with E-state index in [1.807, 2.05) is 6.20 Å². The molecule has 3 atom stereocenters. The Bertz CT molecular complexity index is 286. The first-order chi connectivity index (χ1) is 7.29. The van der Waals surface area contributed by atoms with Crippen molar-refractivity contribution in [3.05, 3.63) is 11.9 Å². The molecule has 0 aliphatic heterocycles. The summed E-state index contributed by atoms with van der Waals surface area (Å²) in [7, 11) is 0. The summed E-state index contributed by atoms with van der Waals surface area (Å²) in [5, 5.41) is 0. The lowest BCUT2D eigenvalue weighted by atomic mass is 9.74. The second-order valence-electron chi connectivity index (χ2n) is 4.60. The number of aromatic nitrogens is 2. The highest BCUT2D eigenvalue weighted by Crippen LogP contribution is 2.33. The molecule has 3 nitrogen and oxygen atoms in total. The molecule has 0 spiro atoms. The van der Waals surface area contributed by atoms with E-state index >= 15 is 0 Å². The summed E-state index contributed by atoms with van der Waals surface area (Å²) >= 11 is 1.31. The summed E-state index contributed by atoms with van der Waals surface area (Å²) in [5.74, 6) is 1.56. The number of hydrogen-bond acceptors (Lipinski definition) is 4. The van der Waals surface area contributed by atoms with E-state index in [4.69, 9.17) is 5.73 Å². The van der Waals surface area contributed by atoms with Gasteiger partial charge in [-0.3, -0.25) is 0 Å². The van der Waals surface area contributed by atoms with Crippen LogP contribution >= 0.6 is 11.7 Å². The zero-order valence-corrected chi connectivity index (χ0v) is 10.0. The number of nitrogens with two attached hydrogens (primary N) is 1. The summed E-state index contributed by atoms with van der Waals surface area (Å²) < 4.78 is 8.35. The second-order valence-corrected chi connectivity index (χ2v) is 5.16. The summed E-state index contributed by atoms with van der Waals surface area (Å²) in [6.07, 6.45) is 7.90. The lowest BCUT2D eigenvalue weighted by Crippen LogP contribution is -2.34. The van der Waals surface area contributed by atoms with E-state index in [9.17, 15) is 0 Å². The predicted octanol–water partition coefficient (Wildman–Crippen LogP) is 2.23. The average molecular weight is 225 g/mol. The van der Waals surface area contributed by atoms with Crippen molar-refractivity contribution in [3.8, 4) is 0 Å². The fourth-order valence-electron chi connectivity index (χ4n) is 2.69. The third kappa shape index (κ3) is 2.75. The zero-order valence-electron chi connectivity index (χ0n) is 9.22. The van der Waals surface area contributed by atoms with Crippen LogP contribution in [-0.4, -0.2) is 14.8 Å². The fourth-order valence-corrected chi connectivity index (χ4v) is 3.14. The summed E-state index contributed by atoms with van der Waals surface area (Å²) in [5.41, 5.74) is 7.19. The number of nitrogens with zero attached hydrogens (tertiary/aromatic N) is 2. The first kappa shape index (κ1) is 11.0. The van der Waals surface area contributed by atoms with Crippen LogP contribution in [0.4, 0.5) is 0 Å². The van der Waals surface area contributed by atoms with Gasteiger partial charge in [-0.2, -0.15) is 8.75 Å². The van der Waals surface area contributed by atoms with Gasteiger partial charge in [-0.05, 0) is 37.5 Å². The average Bonchev–Trinajstić information content (AvgIpc) is 2.71. The van der Waals surface area contributed by atoms with Crippen LogP contribution in [0.1, 0.15) is 38.3 Å². The van der Waals surface area contributed by atoms with Gasteiger partial charge in [-0.1, -0.05) is 13.3 Å². The van der Waals surface area contributed by atoms with Gasteiger partial charge < -0.3 is 5.73 Å². The van der Waals surface area contributed by atoms with E-state index in [0.29, 0.717) is 6.04 Å². The Hall–Kier alpha value is -0.480. The fraction of sp³-hybridized carbons (Fsp3) is 0.818. The molecule has 1 aromatic rings. The molecular formula is C11H19N3S. The standard InChI is InChI=1S/C11H19N3S/c1-2-8-3-4-10(12)5-9(8)6-11-7-13-15-14-11/h7-10H,2-6,12H2,1H3. The van der Waals surface area contributed by atoms with E-state index in [2.05, 4.69) is 15.7 Å². The first-order valence-corrected chi connectivity index (χ1v) is 6.54. The van der Waals surface area contributed by atoms with Crippen LogP contribution < -0.4 is 5.73 Å². The minimum Gasteiger partial charge on any atom is -0.328 e. The van der Waals surface area contributed by atoms with Crippen molar-refractivity contribution in [1.82, 2.24) is 8.75 Å². The van der Waals surface area contributed by atoms with Gasteiger partial charge in [-0.25, -0.2) is 0 Å². The number of hydrogen-bond donors (Lipinski definition) is 1. The smallest absolute Gasteiger partial charge is 0.0745 e. The lowest BCUT2D eigenvalue weighted by Gasteiger charge is -2.33. The Kier molecular flexibility index (Phi) is 3.70. The second kappa shape index (κ2) is 5.03. The molecule has 2 N–H and O–H groups in total. The highest BCUT2D eigenvalue weighted by Gasteiger charge is 2.28. The quantitative estimate of drug-likeness (QED) is 0.858. The monoisotopic (exact) mass is 225 g/mol. The van der Waals surface area contributed by atoms with E-state index < -0.39 is 0 Å². The normalized spacial score (nSPS) is 31.7. The van der Waals surface area contributed by atoms with E-state index in [1.165, 1.54) is 31.0 Å². The predicted molar refractivity (Wildman–Crippen MR) is 62.7 cm³/mol. The molecule has 4 heteroatoms. The molecule has 0 bridgehead atoms. The van der Waals surface area contributed by atoms with Crippen LogP contribution in [0.25, 0.3) is 0 Å². The van der Waals surface area contributed by atoms with E-state index in [0.717, 1.165) is 30.4 Å². The van der Waals surface area contributed by atoms with Crippen molar-refractivity contribution in [1.29, 1.82) is 0 Å². The molecule has 1 aliphatic rings. The molecule has 0 saturated heterocycles. The van der Waals surface area contributed by atoms with Gasteiger partial charge in [-0.15, -0.1) is 0 Å². The molecule has 0 radical (unpaired) electrons. The summed E-state index contributed by atoms with van der Waals surface area (Å²) in [6, 6.07) is 0.407. The van der Waals surface area contributed by atoms with E-state index in [1.54, 1.807) is 0 Å². The van der Waals surface area contributed by atoms with Gasteiger partial charge in [0.1, 0.15) is 0 Å². The van der Waals surface area contributed by atoms with Gasteiger partial charge in [0.05, 0.1) is 23.6 Å². The van der Waals surface area contributed by atoms with Crippen molar-refractivity contribution in [2.45, 2.75) is 45.1 Å². The molecule has 15 heavy (non-hydrogen) atoms. The highest BCUT2D eigenvalue weighted by molar-refractivity contribution is 6.99. The van der Waals surface area contributed by atoms with Crippen molar-refractivity contribution in [3.63, 3.8) is 0 Å². The molecule has 1 saturated carbocycles. The molecular weight excluding hydrogens is 206 g/mol. The minimum atomic E-state index is 0.407. The Morgan fingerprint density at radius 3 is 3.00 bits per heavy atom. The molecule has 1 aromatic heterocycles. The SMILES string of the molecule is CCC1CCC(N)CC1Cc1cnsn1. The molecule has 2 rings (SSSR count). The molecule has 1 aliphatic carbocycles. The third-order valence-corrected chi connectivity index (χ3v) is 4.10. The molecule has 0 amide bonds. The Balaban J connectivity index is 1.98. The largest absolute Gasteiger partial charge is 0.328 e. The van der Waals surface area contributed by atoms with Gasteiger partial charge in [0.2, 0.25) is 0 Å². The maximum Gasteiger partial charge on any atom is 0.0745 e. The molecule has 84 valence electrons.